The van der Waals surface area contributed by atoms with E-state index in [1.165, 1.54) is 0 Å². The molecular formula is C14H17N3O4S. The van der Waals surface area contributed by atoms with Crippen LogP contribution in [0.1, 0.15) is 28.4 Å². The lowest BCUT2D eigenvalue weighted by molar-refractivity contribution is -0.122. The number of hydrogen-bond acceptors (Lipinski definition) is 4. The van der Waals surface area contributed by atoms with Crippen molar-refractivity contribution < 1.29 is 18.0 Å². The maximum Gasteiger partial charge on any atom is 0.254 e. The van der Waals surface area contributed by atoms with Gasteiger partial charge in [-0.05, 0) is 18.1 Å². The summed E-state index contributed by atoms with van der Waals surface area (Å²) in [5.74, 6) is -0.460. The van der Waals surface area contributed by atoms with Crippen LogP contribution in [-0.2, 0) is 14.8 Å². The number of likely N-dealkylation sites (N-methyl/N-ethyl adjacent to an activating group) is 1. The predicted molar refractivity (Wildman–Crippen MR) is 79.6 cm³/mol. The number of nitrogens with zero attached hydrogens (tertiary/aromatic N) is 1. The van der Waals surface area contributed by atoms with Gasteiger partial charge in [0.05, 0.1) is 11.8 Å². The summed E-state index contributed by atoms with van der Waals surface area (Å²) in [4.78, 5) is 25.8. The summed E-state index contributed by atoms with van der Waals surface area (Å²) in [5.41, 5.74) is 1.52. The largest absolute Gasteiger partial charge is 0.352 e. The van der Waals surface area contributed by atoms with E-state index in [9.17, 15) is 18.0 Å². The van der Waals surface area contributed by atoms with E-state index in [4.69, 9.17) is 0 Å². The summed E-state index contributed by atoms with van der Waals surface area (Å²) in [6, 6.07) is 6.34. The molecule has 0 spiro atoms. The van der Waals surface area contributed by atoms with E-state index >= 15 is 0 Å². The molecule has 22 heavy (non-hydrogen) atoms. The van der Waals surface area contributed by atoms with Crippen molar-refractivity contribution in [2.75, 3.05) is 19.3 Å². The fraction of sp³-hybridized carbons (Fsp3) is 0.429. The van der Waals surface area contributed by atoms with Crippen molar-refractivity contribution >= 4 is 21.8 Å². The van der Waals surface area contributed by atoms with Crippen LogP contribution in [0.15, 0.2) is 24.3 Å². The van der Waals surface area contributed by atoms with E-state index in [0.29, 0.717) is 5.56 Å². The molecule has 0 aliphatic carbocycles. The van der Waals surface area contributed by atoms with Gasteiger partial charge in [-0.25, -0.2) is 13.1 Å². The van der Waals surface area contributed by atoms with Crippen molar-refractivity contribution in [3.63, 3.8) is 0 Å². The Morgan fingerprint density at radius 3 is 2.82 bits per heavy atom. The topological polar surface area (TPSA) is 95.6 Å². The van der Waals surface area contributed by atoms with Crippen molar-refractivity contribution in [2.45, 2.75) is 18.5 Å². The van der Waals surface area contributed by atoms with Gasteiger partial charge >= 0.3 is 0 Å². The highest BCUT2D eigenvalue weighted by molar-refractivity contribution is 7.89. The standard InChI is InChI=1S/C14H17N3O4S/c1-17-12(9-4-2-3-5-10(9)14(17)19)8-15-13(18)11-6-7-22(20,21)16-11/h2-5,11-12,16H,6-8H2,1H3,(H,15,18). The quantitative estimate of drug-likeness (QED) is 0.793. The minimum absolute atomic E-state index is 0.0320. The average molecular weight is 323 g/mol. The Morgan fingerprint density at radius 2 is 2.14 bits per heavy atom. The summed E-state index contributed by atoms with van der Waals surface area (Å²) in [6.45, 7) is 0.260. The Bertz CT molecular complexity index is 731. The minimum atomic E-state index is -3.32. The van der Waals surface area contributed by atoms with Crippen LogP contribution in [0.25, 0.3) is 0 Å². The van der Waals surface area contributed by atoms with Gasteiger partial charge < -0.3 is 10.2 Å². The molecule has 2 amide bonds. The highest BCUT2D eigenvalue weighted by Gasteiger charge is 2.36. The number of carbonyl (C=O) groups is 2. The maximum atomic E-state index is 12.1. The van der Waals surface area contributed by atoms with Crippen LogP contribution in [0.2, 0.25) is 0 Å². The minimum Gasteiger partial charge on any atom is -0.352 e. The van der Waals surface area contributed by atoms with Crippen LogP contribution in [0.5, 0.6) is 0 Å². The van der Waals surface area contributed by atoms with Gasteiger partial charge in [-0.1, -0.05) is 18.2 Å². The van der Waals surface area contributed by atoms with Crippen LogP contribution in [0, 0.1) is 0 Å². The summed E-state index contributed by atoms with van der Waals surface area (Å²) in [5, 5.41) is 2.74. The lowest BCUT2D eigenvalue weighted by atomic mass is 10.0. The molecule has 0 radical (unpaired) electrons. The lowest BCUT2D eigenvalue weighted by Crippen LogP contribution is -2.44. The third-order valence-electron chi connectivity index (χ3n) is 4.12. The highest BCUT2D eigenvalue weighted by Crippen LogP contribution is 2.31. The van der Waals surface area contributed by atoms with E-state index in [1.54, 1.807) is 24.1 Å². The first-order chi connectivity index (χ1) is 10.4. The van der Waals surface area contributed by atoms with Crippen molar-refractivity contribution in [1.82, 2.24) is 14.9 Å². The number of amides is 2. The van der Waals surface area contributed by atoms with Gasteiger partial charge in [0.1, 0.15) is 6.04 Å². The van der Waals surface area contributed by atoms with Gasteiger partial charge in [-0.2, -0.15) is 0 Å². The first kappa shape index (κ1) is 15.0. The summed E-state index contributed by atoms with van der Waals surface area (Å²) in [6.07, 6.45) is 0.268. The molecule has 7 nitrogen and oxygen atoms in total. The number of carbonyl (C=O) groups excluding carboxylic acids is 2. The van der Waals surface area contributed by atoms with Crippen LogP contribution >= 0.6 is 0 Å². The third kappa shape index (κ3) is 2.59. The molecule has 1 aromatic rings. The zero-order valence-electron chi connectivity index (χ0n) is 12.1. The number of sulfonamides is 1. The van der Waals surface area contributed by atoms with E-state index in [-0.39, 0.29) is 36.6 Å². The number of fused-ring (bicyclic) bond motifs is 1. The predicted octanol–water partition coefficient (Wildman–Crippen LogP) is -0.379. The van der Waals surface area contributed by atoms with Crippen molar-refractivity contribution in [2.24, 2.45) is 0 Å². The Kier molecular flexibility index (Phi) is 3.65. The second-order valence-corrected chi connectivity index (χ2v) is 7.42. The van der Waals surface area contributed by atoms with Crippen molar-refractivity contribution in [3.8, 4) is 0 Å². The molecule has 2 N–H and O–H groups in total. The Balaban J connectivity index is 1.67. The molecule has 3 rings (SSSR count). The molecule has 8 heteroatoms. The molecule has 1 aromatic carbocycles. The number of hydrogen-bond donors (Lipinski definition) is 2. The number of nitrogens with one attached hydrogen (secondary N) is 2. The van der Waals surface area contributed by atoms with Crippen LogP contribution in [0.4, 0.5) is 0 Å². The Morgan fingerprint density at radius 1 is 1.41 bits per heavy atom. The summed E-state index contributed by atoms with van der Waals surface area (Å²) >= 11 is 0. The molecule has 118 valence electrons. The van der Waals surface area contributed by atoms with Gasteiger partial charge in [0.25, 0.3) is 5.91 Å². The number of benzene rings is 1. The fourth-order valence-corrected chi connectivity index (χ4v) is 4.20. The molecule has 2 unspecified atom stereocenters. The van der Waals surface area contributed by atoms with Crippen LogP contribution in [0.3, 0.4) is 0 Å². The second-order valence-electron chi connectivity index (χ2n) is 5.54. The molecule has 2 heterocycles. The van der Waals surface area contributed by atoms with Crippen molar-refractivity contribution in [3.05, 3.63) is 35.4 Å². The normalized spacial score (nSPS) is 26.0. The van der Waals surface area contributed by atoms with Crippen LogP contribution < -0.4 is 10.0 Å². The Labute approximate surface area is 128 Å². The summed E-state index contributed by atoms with van der Waals surface area (Å²) in [7, 11) is -1.63. The molecule has 2 aliphatic rings. The third-order valence-corrected chi connectivity index (χ3v) is 5.54. The molecule has 2 atom stereocenters. The van der Waals surface area contributed by atoms with E-state index in [1.807, 2.05) is 12.1 Å². The average Bonchev–Trinajstić information content (AvgIpc) is 2.97. The van der Waals surface area contributed by atoms with Crippen LogP contribution in [-0.4, -0.2) is 50.5 Å². The fourth-order valence-electron chi connectivity index (χ4n) is 2.88. The molecule has 2 aliphatic heterocycles. The monoisotopic (exact) mass is 323 g/mol. The second kappa shape index (κ2) is 5.36. The van der Waals surface area contributed by atoms with Gasteiger partial charge in [0, 0.05) is 19.2 Å². The molecule has 0 saturated carbocycles. The Hall–Kier alpha value is -1.93. The smallest absolute Gasteiger partial charge is 0.254 e. The summed E-state index contributed by atoms with van der Waals surface area (Å²) < 4.78 is 25.0. The number of rotatable bonds is 3. The maximum absolute atomic E-state index is 12.1. The molecule has 0 aromatic heterocycles. The zero-order valence-corrected chi connectivity index (χ0v) is 12.9. The highest BCUT2D eigenvalue weighted by atomic mass is 32.2. The van der Waals surface area contributed by atoms with Gasteiger partial charge in [-0.15, -0.1) is 0 Å². The molecule has 1 fully saturated rings. The lowest BCUT2D eigenvalue weighted by Gasteiger charge is -2.22. The van der Waals surface area contributed by atoms with Gasteiger partial charge in [-0.3, -0.25) is 9.59 Å². The SMILES string of the molecule is CN1C(=O)c2ccccc2C1CNC(=O)C1CCS(=O)(=O)N1. The van der Waals surface area contributed by atoms with Gasteiger partial charge in [0.15, 0.2) is 0 Å². The van der Waals surface area contributed by atoms with E-state index in [2.05, 4.69) is 10.0 Å². The first-order valence-electron chi connectivity index (χ1n) is 7.03. The van der Waals surface area contributed by atoms with Crippen molar-refractivity contribution in [1.29, 1.82) is 0 Å². The van der Waals surface area contributed by atoms with E-state index < -0.39 is 16.1 Å². The molecular weight excluding hydrogens is 306 g/mol. The first-order valence-corrected chi connectivity index (χ1v) is 8.68. The van der Waals surface area contributed by atoms with Gasteiger partial charge in [0.2, 0.25) is 15.9 Å². The molecule has 1 saturated heterocycles. The molecule has 0 bridgehead atoms. The zero-order chi connectivity index (χ0) is 15.9. The van der Waals surface area contributed by atoms with E-state index in [0.717, 1.165) is 5.56 Å².